The quantitative estimate of drug-likeness (QED) is 0.407. The van der Waals surface area contributed by atoms with Crippen molar-refractivity contribution in [2.75, 3.05) is 21.1 Å². The third-order valence-corrected chi connectivity index (χ3v) is 4.74. The van der Waals surface area contributed by atoms with Crippen LogP contribution in [-0.2, 0) is 14.9 Å². The molecule has 0 aromatic heterocycles. The molecule has 0 rings (SSSR count). The van der Waals surface area contributed by atoms with Gasteiger partial charge >= 0.3 is 21.0 Å². The van der Waals surface area contributed by atoms with Crippen molar-refractivity contribution in [2.45, 2.75) is 37.5 Å². The van der Waals surface area contributed by atoms with Gasteiger partial charge in [0.15, 0.2) is 0 Å². The second kappa shape index (κ2) is 5.32. The van der Waals surface area contributed by atoms with Gasteiger partial charge in [-0.3, -0.25) is 4.55 Å². The predicted molar refractivity (Wildman–Crippen MR) is 64.1 cm³/mol. The van der Waals surface area contributed by atoms with Crippen molar-refractivity contribution in [2.24, 2.45) is 0 Å². The van der Waals surface area contributed by atoms with Gasteiger partial charge in [-0.25, -0.2) is 4.79 Å². The predicted octanol–water partition coefficient (Wildman–Crippen LogP) is 0.942. The molecule has 17 heavy (non-hydrogen) atoms. The summed E-state index contributed by atoms with van der Waals surface area (Å²) in [5.41, 5.74) is 0. The number of carbonyl (C=O) groups is 1. The lowest BCUT2D eigenvalue weighted by Gasteiger charge is -2.40. The molecule has 0 saturated heterocycles. The summed E-state index contributed by atoms with van der Waals surface area (Å²) in [6.45, 7) is 1.93. The fourth-order valence-electron chi connectivity index (χ4n) is 1.93. The molecule has 0 radical (unpaired) electrons. The lowest BCUT2D eigenvalue weighted by Crippen LogP contribution is -2.66. The van der Waals surface area contributed by atoms with E-state index in [1.165, 1.54) is 21.1 Å². The molecular weight excluding hydrogens is 246 g/mol. The Morgan fingerprint density at radius 3 is 1.94 bits per heavy atom. The number of nitrogens with zero attached hydrogens (tertiary/aromatic N) is 1. The molecule has 0 saturated carbocycles. The van der Waals surface area contributed by atoms with E-state index in [-0.39, 0.29) is 10.9 Å². The normalized spacial score (nSPS) is 16.5. The Hall–Kier alpha value is -0.660. The van der Waals surface area contributed by atoms with Crippen molar-refractivity contribution in [1.29, 1.82) is 0 Å². The van der Waals surface area contributed by atoms with Crippen LogP contribution in [0.1, 0.15) is 32.6 Å². The molecule has 0 aliphatic rings. The zero-order valence-corrected chi connectivity index (χ0v) is 11.6. The van der Waals surface area contributed by atoms with Crippen LogP contribution < -0.4 is 0 Å². The van der Waals surface area contributed by atoms with Gasteiger partial charge in [-0.1, -0.05) is 19.8 Å². The highest BCUT2D eigenvalue weighted by molar-refractivity contribution is 7.87. The van der Waals surface area contributed by atoms with Crippen LogP contribution >= 0.6 is 0 Å². The molecule has 0 aromatic rings. The zero-order valence-electron chi connectivity index (χ0n) is 10.8. The first-order valence-electron chi connectivity index (χ1n) is 5.52. The van der Waals surface area contributed by atoms with Gasteiger partial charge in [0.1, 0.15) is 0 Å². The smallest absolute Gasteiger partial charge is 0.384 e. The van der Waals surface area contributed by atoms with Crippen LogP contribution in [0.2, 0.25) is 0 Å². The summed E-state index contributed by atoms with van der Waals surface area (Å²) in [6.07, 6.45) is 1.92. The zero-order chi connectivity index (χ0) is 13.9. The van der Waals surface area contributed by atoms with Crippen LogP contribution in [0.25, 0.3) is 0 Å². The Kier molecular flexibility index (Phi) is 5.12. The second-order valence-corrected chi connectivity index (χ2v) is 6.66. The number of quaternary nitrogens is 1. The maximum absolute atomic E-state index is 11.5. The number of likely N-dealkylation sites (N-methyl/N-ethyl adjacent to an activating group) is 1. The number of aliphatic carboxylic acids is 1. The Balaban J connectivity index is 5.54. The monoisotopic (exact) mass is 268 g/mol. The highest BCUT2D eigenvalue weighted by Crippen LogP contribution is 2.31. The Labute approximate surface area is 103 Å². The maximum atomic E-state index is 11.5. The van der Waals surface area contributed by atoms with Crippen LogP contribution in [0.4, 0.5) is 0 Å². The van der Waals surface area contributed by atoms with Crippen molar-refractivity contribution in [3.05, 3.63) is 0 Å². The van der Waals surface area contributed by atoms with E-state index in [9.17, 15) is 22.9 Å². The van der Waals surface area contributed by atoms with Crippen LogP contribution in [0.15, 0.2) is 0 Å². The van der Waals surface area contributed by atoms with Crippen molar-refractivity contribution in [3.8, 4) is 0 Å². The first-order chi connectivity index (χ1) is 7.50. The third-order valence-electron chi connectivity index (χ3n) is 2.96. The number of hydrogen-bond acceptors (Lipinski definition) is 3. The van der Waals surface area contributed by atoms with Crippen LogP contribution in [0.5, 0.6) is 0 Å². The maximum Gasteiger partial charge on any atom is 0.384 e. The molecule has 102 valence electrons. The fourth-order valence-corrected chi connectivity index (χ4v) is 3.24. The molecule has 0 fully saturated rings. The van der Waals surface area contributed by atoms with E-state index in [2.05, 4.69) is 0 Å². The van der Waals surface area contributed by atoms with Gasteiger partial charge in [-0.15, -0.1) is 0 Å². The Morgan fingerprint density at radius 1 is 1.24 bits per heavy atom. The average Bonchev–Trinajstić information content (AvgIpc) is 2.07. The third kappa shape index (κ3) is 3.17. The highest BCUT2D eigenvalue weighted by Gasteiger charge is 2.61. The summed E-state index contributed by atoms with van der Waals surface area (Å²) in [5.74, 6) is -1.51. The molecule has 0 spiro atoms. The minimum Gasteiger partial charge on any atom is -0.476 e. The van der Waals surface area contributed by atoms with Gasteiger partial charge in [0.2, 0.25) is 0 Å². The van der Waals surface area contributed by atoms with E-state index < -0.39 is 21.0 Å². The average molecular weight is 268 g/mol. The van der Waals surface area contributed by atoms with Gasteiger partial charge in [0, 0.05) is 6.42 Å². The first kappa shape index (κ1) is 16.3. The van der Waals surface area contributed by atoms with Crippen molar-refractivity contribution in [3.63, 3.8) is 0 Å². The molecule has 1 atom stereocenters. The molecular formula is C10H22NO5S+. The highest BCUT2D eigenvalue weighted by atomic mass is 32.2. The number of carboxylic acid groups (broad SMARTS) is 1. The second-order valence-electron chi connectivity index (χ2n) is 5.03. The van der Waals surface area contributed by atoms with E-state index in [4.69, 9.17) is 0 Å². The summed E-state index contributed by atoms with van der Waals surface area (Å²) in [6, 6.07) is 0. The summed E-state index contributed by atoms with van der Waals surface area (Å²) in [4.78, 5) is 9.16. The van der Waals surface area contributed by atoms with Crippen molar-refractivity contribution >= 4 is 16.1 Å². The van der Waals surface area contributed by atoms with Crippen LogP contribution in [0, 0.1) is 0 Å². The SMILES string of the molecule is CCCCCC(C(=O)O)([N+](C)(C)C)S(=O)(=O)O. The van der Waals surface area contributed by atoms with Gasteiger partial charge in [0.25, 0.3) is 0 Å². The summed E-state index contributed by atoms with van der Waals surface area (Å²) < 4.78 is 31.9. The molecule has 0 aliphatic carbocycles. The van der Waals surface area contributed by atoms with Crippen molar-refractivity contribution < 1.29 is 27.4 Å². The molecule has 7 heteroatoms. The van der Waals surface area contributed by atoms with E-state index >= 15 is 0 Å². The number of carboxylic acids is 1. The molecule has 0 heterocycles. The molecule has 2 N–H and O–H groups in total. The summed E-state index contributed by atoms with van der Waals surface area (Å²) in [5, 5.41) is 9.24. The van der Waals surface area contributed by atoms with E-state index in [1.807, 2.05) is 6.92 Å². The molecule has 0 aliphatic heterocycles. The Bertz CT molecular complexity index is 371. The topological polar surface area (TPSA) is 91.7 Å². The van der Waals surface area contributed by atoms with Crippen LogP contribution in [-0.4, -0.2) is 54.5 Å². The number of rotatable bonds is 7. The minimum absolute atomic E-state index is 0.0987. The van der Waals surface area contributed by atoms with E-state index in [0.717, 1.165) is 12.8 Å². The van der Waals surface area contributed by atoms with Crippen molar-refractivity contribution in [1.82, 2.24) is 0 Å². The molecule has 0 aromatic carbocycles. The van der Waals surface area contributed by atoms with E-state index in [0.29, 0.717) is 6.42 Å². The van der Waals surface area contributed by atoms with Gasteiger partial charge in [0.05, 0.1) is 21.1 Å². The molecule has 1 unspecified atom stereocenters. The lowest BCUT2D eigenvalue weighted by molar-refractivity contribution is -0.899. The minimum atomic E-state index is -4.69. The van der Waals surface area contributed by atoms with Gasteiger partial charge < -0.3 is 9.59 Å². The standard InChI is InChI=1S/C10H21NO5S/c1-5-6-7-8-10(9(12)13,11(2,3)4)17(14,15)16/h5-8H2,1-4H3,(H-,12,13,14,15,16)/p+1. The lowest BCUT2D eigenvalue weighted by atomic mass is 10.1. The first-order valence-corrected chi connectivity index (χ1v) is 6.96. The molecule has 0 bridgehead atoms. The molecule has 0 amide bonds. The largest absolute Gasteiger partial charge is 0.476 e. The fraction of sp³-hybridized carbons (Fsp3) is 0.900. The summed E-state index contributed by atoms with van der Waals surface area (Å²) in [7, 11) is -0.335. The van der Waals surface area contributed by atoms with Crippen LogP contribution in [0.3, 0.4) is 0 Å². The van der Waals surface area contributed by atoms with E-state index in [1.54, 1.807) is 0 Å². The van der Waals surface area contributed by atoms with Gasteiger partial charge in [-0.2, -0.15) is 8.42 Å². The number of hydrogen-bond donors (Lipinski definition) is 2. The van der Waals surface area contributed by atoms with Gasteiger partial charge in [-0.05, 0) is 6.42 Å². The molecule has 6 nitrogen and oxygen atoms in total. The summed E-state index contributed by atoms with van der Waals surface area (Å²) >= 11 is 0. The Morgan fingerprint density at radius 2 is 1.71 bits per heavy atom. The number of unbranched alkanes of at least 4 members (excludes halogenated alkanes) is 2.